The molecule has 0 radical (unpaired) electrons. The summed E-state index contributed by atoms with van der Waals surface area (Å²) in [5.41, 5.74) is 17.9. The van der Waals surface area contributed by atoms with Crippen molar-refractivity contribution in [3.63, 3.8) is 0 Å². The molecular weight excluding hydrogens is 565 g/mol. The molecule has 2 saturated heterocycles. The van der Waals surface area contributed by atoms with Gasteiger partial charge in [0.1, 0.15) is 30.3 Å². The number of phosphoric acid groups is 1. The summed E-state index contributed by atoms with van der Waals surface area (Å²) in [6, 6.07) is -1.01. The van der Waals surface area contributed by atoms with Gasteiger partial charge in [-0.2, -0.15) is 4.98 Å². The summed E-state index contributed by atoms with van der Waals surface area (Å²) < 4.78 is 32.4. The SMILES string of the molecule is Nc1nc2c(ncn2[C@H](O)[C@@H]2OP(=O)(O)OC[C@H]3O[C@@H](n4cnc5c(N)ncnc54)[C@H](CCCC2N)[C@@H]3O)c(=O)[nH]1. The van der Waals surface area contributed by atoms with Crippen molar-refractivity contribution in [3.05, 3.63) is 29.3 Å². The van der Waals surface area contributed by atoms with Crippen molar-refractivity contribution < 1.29 is 33.5 Å². The van der Waals surface area contributed by atoms with Crippen molar-refractivity contribution in [2.45, 2.75) is 56.1 Å². The van der Waals surface area contributed by atoms with E-state index in [0.29, 0.717) is 24.0 Å². The second kappa shape index (κ2) is 10.4. The largest absolute Gasteiger partial charge is 0.472 e. The summed E-state index contributed by atoms with van der Waals surface area (Å²) >= 11 is 0. The molecule has 10 N–H and O–H groups in total. The van der Waals surface area contributed by atoms with Crippen LogP contribution in [0.5, 0.6) is 0 Å². The van der Waals surface area contributed by atoms with Gasteiger partial charge in [-0.3, -0.25) is 28.0 Å². The Morgan fingerprint density at radius 3 is 2.71 bits per heavy atom. The molecule has 2 unspecified atom stereocenters. The predicted molar refractivity (Wildman–Crippen MR) is 139 cm³/mol. The maximum atomic E-state index is 13.0. The van der Waals surface area contributed by atoms with Gasteiger partial charge < -0.3 is 37.0 Å². The normalized spacial score (nSPS) is 32.1. The van der Waals surface area contributed by atoms with Gasteiger partial charge in [0.15, 0.2) is 28.9 Å². The highest BCUT2D eigenvalue weighted by atomic mass is 31.2. The number of H-pyrrole nitrogens is 1. The lowest BCUT2D eigenvalue weighted by molar-refractivity contribution is -0.0618. The Labute approximate surface area is 229 Å². The molecule has 0 amide bonds. The second-order valence-corrected chi connectivity index (χ2v) is 11.3. The maximum absolute atomic E-state index is 13.0. The number of hydrogen-bond donors (Lipinski definition) is 7. The van der Waals surface area contributed by atoms with Gasteiger partial charge in [-0.15, -0.1) is 0 Å². The summed E-state index contributed by atoms with van der Waals surface area (Å²) in [6.45, 7) is -0.523. The Balaban J connectivity index is 1.29. The Bertz CT molecular complexity index is 1690. The fourth-order valence-corrected chi connectivity index (χ4v) is 6.31. The third-order valence-corrected chi connectivity index (χ3v) is 8.33. The van der Waals surface area contributed by atoms with Crippen molar-refractivity contribution in [2.24, 2.45) is 11.7 Å². The van der Waals surface area contributed by atoms with Crippen molar-refractivity contribution in [1.29, 1.82) is 0 Å². The van der Waals surface area contributed by atoms with E-state index >= 15 is 0 Å². The van der Waals surface area contributed by atoms with Crippen molar-refractivity contribution in [2.75, 3.05) is 18.1 Å². The molecule has 2 bridgehead atoms. The van der Waals surface area contributed by atoms with E-state index in [4.69, 9.17) is 31.0 Å². The zero-order valence-corrected chi connectivity index (χ0v) is 22.2. The van der Waals surface area contributed by atoms with E-state index in [9.17, 15) is 24.5 Å². The van der Waals surface area contributed by atoms with Crippen LogP contribution in [0.25, 0.3) is 22.3 Å². The summed E-state index contributed by atoms with van der Waals surface area (Å²) in [4.78, 5) is 45.5. The van der Waals surface area contributed by atoms with Crippen LogP contribution in [0, 0.1) is 5.92 Å². The summed E-state index contributed by atoms with van der Waals surface area (Å²) in [5.74, 6) is -0.556. The van der Waals surface area contributed by atoms with Gasteiger partial charge in [0.2, 0.25) is 5.95 Å². The average molecular weight is 593 g/mol. The molecule has 20 heteroatoms. The predicted octanol–water partition coefficient (Wildman–Crippen LogP) is -1.50. The molecule has 41 heavy (non-hydrogen) atoms. The number of nitrogens with zero attached hydrogens (tertiary/aromatic N) is 7. The van der Waals surface area contributed by atoms with Crippen LogP contribution in [-0.2, 0) is 18.3 Å². The average Bonchev–Trinajstić information content (AvgIpc) is 3.62. The highest BCUT2D eigenvalue weighted by Crippen LogP contribution is 2.49. The van der Waals surface area contributed by atoms with Gasteiger partial charge in [-0.1, -0.05) is 6.42 Å². The number of phosphoric ester groups is 1. The minimum absolute atomic E-state index is 0.0798. The van der Waals surface area contributed by atoms with Crippen molar-refractivity contribution in [3.8, 4) is 0 Å². The molecule has 19 nitrogen and oxygen atoms in total. The highest BCUT2D eigenvalue weighted by Gasteiger charge is 2.47. The van der Waals surface area contributed by atoms with Crippen LogP contribution >= 0.6 is 7.82 Å². The monoisotopic (exact) mass is 593 g/mol. The molecule has 4 aromatic rings. The highest BCUT2D eigenvalue weighted by molar-refractivity contribution is 7.47. The number of imidazole rings is 2. The Morgan fingerprint density at radius 2 is 1.90 bits per heavy atom. The van der Waals surface area contributed by atoms with Gasteiger partial charge >= 0.3 is 7.82 Å². The molecule has 0 aromatic carbocycles. The molecule has 6 heterocycles. The van der Waals surface area contributed by atoms with Gasteiger partial charge in [0.05, 0.1) is 25.4 Å². The van der Waals surface area contributed by atoms with E-state index in [1.54, 1.807) is 4.57 Å². The molecule has 2 aliphatic rings. The summed E-state index contributed by atoms with van der Waals surface area (Å²) in [7, 11) is -4.89. The lowest BCUT2D eigenvalue weighted by atomic mass is 9.92. The van der Waals surface area contributed by atoms with E-state index in [1.807, 2.05) is 0 Å². The smallest absolute Gasteiger partial charge is 0.390 e. The number of ether oxygens (including phenoxy) is 1. The van der Waals surface area contributed by atoms with Crippen LogP contribution < -0.4 is 22.8 Å². The topological polar surface area (TPSA) is 291 Å². The summed E-state index contributed by atoms with van der Waals surface area (Å²) in [6.07, 6.45) is -1.20. The second-order valence-electron chi connectivity index (χ2n) is 9.92. The van der Waals surface area contributed by atoms with Crippen molar-refractivity contribution >= 4 is 41.9 Å². The number of aromatic nitrogens is 8. The number of fused-ring (bicyclic) bond motifs is 4. The quantitative estimate of drug-likeness (QED) is 0.133. The molecule has 0 aliphatic carbocycles. The number of nitrogen functional groups attached to an aromatic ring is 2. The van der Waals surface area contributed by atoms with E-state index in [1.165, 1.54) is 12.7 Å². The lowest BCUT2D eigenvalue weighted by Crippen LogP contribution is -2.43. The molecule has 220 valence electrons. The van der Waals surface area contributed by atoms with E-state index in [-0.39, 0.29) is 29.4 Å². The number of anilines is 2. The third-order valence-electron chi connectivity index (χ3n) is 7.34. The molecule has 8 atom stereocenters. The first kappa shape index (κ1) is 27.6. The van der Waals surface area contributed by atoms with Crippen LogP contribution in [0.2, 0.25) is 0 Å². The van der Waals surface area contributed by atoms with Crippen molar-refractivity contribution in [1.82, 2.24) is 39.0 Å². The fourth-order valence-electron chi connectivity index (χ4n) is 5.34. The van der Waals surface area contributed by atoms with E-state index in [0.717, 1.165) is 10.9 Å². The van der Waals surface area contributed by atoms with Gasteiger partial charge in [-0.05, 0) is 12.8 Å². The molecule has 4 aromatic heterocycles. The Kier molecular flexibility index (Phi) is 6.99. The molecule has 2 aliphatic heterocycles. The van der Waals surface area contributed by atoms with Crippen LogP contribution in [0.15, 0.2) is 23.8 Å². The first-order valence-electron chi connectivity index (χ1n) is 12.6. The number of aliphatic hydroxyl groups is 2. The molecule has 6 rings (SSSR count). The number of aliphatic hydroxyl groups excluding tert-OH is 2. The van der Waals surface area contributed by atoms with Gasteiger partial charge in [0, 0.05) is 12.0 Å². The first-order valence-corrected chi connectivity index (χ1v) is 14.1. The number of nitrogens with one attached hydrogen (secondary N) is 1. The molecule has 2 fully saturated rings. The van der Waals surface area contributed by atoms with Gasteiger partial charge in [-0.25, -0.2) is 24.5 Å². The van der Waals surface area contributed by atoms with Crippen LogP contribution in [-0.4, -0.2) is 85.1 Å². The Hall–Kier alpha value is -3.55. The first-order chi connectivity index (χ1) is 19.5. The third kappa shape index (κ3) is 4.95. The minimum Gasteiger partial charge on any atom is -0.390 e. The van der Waals surface area contributed by atoms with E-state index in [2.05, 4.69) is 29.9 Å². The zero-order chi connectivity index (χ0) is 29.1. The Morgan fingerprint density at radius 1 is 1.12 bits per heavy atom. The lowest BCUT2D eigenvalue weighted by Gasteiger charge is -2.31. The molecule has 0 spiro atoms. The molecular formula is C21H28N11O8P. The number of nitrogens with two attached hydrogens (primary N) is 3. The number of rotatable bonds is 3. The van der Waals surface area contributed by atoms with E-state index < -0.39 is 62.7 Å². The van der Waals surface area contributed by atoms with Crippen LogP contribution in [0.1, 0.15) is 31.7 Å². The fraction of sp³-hybridized carbons (Fsp3) is 0.524. The van der Waals surface area contributed by atoms with Gasteiger partial charge in [0.25, 0.3) is 5.56 Å². The zero-order valence-electron chi connectivity index (χ0n) is 21.3. The standard InChI is InChI=1S/C21H28N11O8P/c22-9-3-1-2-8-13(33)10(39-20(8)32-7-27-11-15(23)25-5-26-16(11)32)4-38-41(36,37)40-14(9)19(35)31-6-28-12-17(31)29-21(24)30-18(12)34/h5-10,13-14,19-20,33,35H,1-4,22H2,(H,36,37)(H2,23,25,26)(H3,24,29,30,34)/t8-,9?,10-,13+,14-,19-,20-/m1/s1. The van der Waals surface area contributed by atoms with Crippen LogP contribution in [0.3, 0.4) is 0 Å². The minimum atomic E-state index is -4.89. The molecule has 0 saturated carbocycles. The maximum Gasteiger partial charge on any atom is 0.472 e. The number of hydrogen-bond acceptors (Lipinski definition) is 15. The van der Waals surface area contributed by atoms with Crippen LogP contribution in [0.4, 0.5) is 11.8 Å². The number of aromatic amines is 1. The summed E-state index contributed by atoms with van der Waals surface area (Å²) in [5, 5.41) is 22.3.